The van der Waals surface area contributed by atoms with Crippen LogP contribution in [0.25, 0.3) is 0 Å². The first-order chi connectivity index (χ1) is 8.97. The third kappa shape index (κ3) is 3.08. The molecule has 2 atom stereocenters. The number of hydrogen-bond donors (Lipinski definition) is 2. The molecule has 6 nitrogen and oxygen atoms in total. The molecule has 0 spiro atoms. The van der Waals surface area contributed by atoms with E-state index >= 15 is 0 Å². The van der Waals surface area contributed by atoms with Gasteiger partial charge in [0, 0.05) is 29.3 Å². The largest absolute Gasteiger partial charge is 0.328 e. The fourth-order valence-corrected chi connectivity index (χ4v) is 2.44. The van der Waals surface area contributed by atoms with E-state index in [9.17, 15) is 14.9 Å². The molecule has 1 amide bonds. The number of aryl methyl sites for hydroxylation is 1. The van der Waals surface area contributed by atoms with Gasteiger partial charge >= 0.3 is 0 Å². The molecule has 2 unspecified atom stereocenters. The van der Waals surface area contributed by atoms with Crippen molar-refractivity contribution in [3.05, 3.63) is 33.9 Å². The molecular formula is C13H17N3O3. The van der Waals surface area contributed by atoms with Crippen molar-refractivity contribution in [3.63, 3.8) is 0 Å². The Bertz CT molecular complexity index is 516. The Balaban J connectivity index is 2.05. The van der Waals surface area contributed by atoms with Crippen LogP contribution >= 0.6 is 0 Å². The molecule has 2 rings (SSSR count). The molecule has 1 saturated carbocycles. The molecule has 19 heavy (non-hydrogen) atoms. The first kappa shape index (κ1) is 13.5. The zero-order chi connectivity index (χ0) is 14.0. The lowest BCUT2D eigenvalue weighted by atomic mass is 10.1. The molecular weight excluding hydrogens is 246 g/mol. The number of nitro benzene ring substituents is 1. The quantitative estimate of drug-likeness (QED) is 0.643. The van der Waals surface area contributed by atoms with Gasteiger partial charge in [0.15, 0.2) is 0 Å². The van der Waals surface area contributed by atoms with E-state index in [1.807, 2.05) is 0 Å². The lowest BCUT2D eigenvalue weighted by Gasteiger charge is -2.11. The molecule has 0 heterocycles. The first-order valence-electron chi connectivity index (χ1n) is 6.29. The zero-order valence-corrected chi connectivity index (χ0v) is 10.8. The van der Waals surface area contributed by atoms with Crippen LogP contribution < -0.4 is 11.1 Å². The van der Waals surface area contributed by atoms with Crippen LogP contribution in [0.4, 0.5) is 11.4 Å². The number of hydrogen-bond acceptors (Lipinski definition) is 4. The van der Waals surface area contributed by atoms with E-state index in [1.54, 1.807) is 19.1 Å². The predicted octanol–water partition coefficient (Wildman–Crippen LogP) is 1.97. The minimum Gasteiger partial charge on any atom is -0.328 e. The van der Waals surface area contributed by atoms with E-state index in [-0.39, 0.29) is 23.6 Å². The van der Waals surface area contributed by atoms with Gasteiger partial charge in [0.25, 0.3) is 5.69 Å². The maximum absolute atomic E-state index is 12.0. The van der Waals surface area contributed by atoms with Gasteiger partial charge < -0.3 is 11.1 Å². The molecule has 0 bridgehead atoms. The van der Waals surface area contributed by atoms with Crippen LogP contribution in [-0.4, -0.2) is 16.9 Å². The van der Waals surface area contributed by atoms with Gasteiger partial charge in [-0.05, 0) is 38.3 Å². The van der Waals surface area contributed by atoms with Gasteiger partial charge in [-0.25, -0.2) is 0 Å². The van der Waals surface area contributed by atoms with E-state index in [0.29, 0.717) is 17.7 Å². The minimum atomic E-state index is -0.434. The maximum Gasteiger partial charge on any atom is 0.272 e. The van der Waals surface area contributed by atoms with Crippen LogP contribution in [0.15, 0.2) is 18.2 Å². The van der Waals surface area contributed by atoms with E-state index in [1.165, 1.54) is 6.07 Å². The summed E-state index contributed by atoms with van der Waals surface area (Å²) in [6, 6.07) is 4.68. The number of nitrogens with one attached hydrogen (secondary N) is 1. The summed E-state index contributed by atoms with van der Waals surface area (Å²) in [5, 5.41) is 13.5. The van der Waals surface area contributed by atoms with Crippen LogP contribution in [0.2, 0.25) is 0 Å². The number of carbonyl (C=O) groups excluding carboxylic acids is 1. The Hall–Kier alpha value is -1.95. The fourth-order valence-electron chi connectivity index (χ4n) is 2.44. The van der Waals surface area contributed by atoms with Crippen molar-refractivity contribution in [2.75, 3.05) is 5.32 Å². The number of nitro groups is 1. The third-order valence-electron chi connectivity index (χ3n) is 3.51. The molecule has 1 aliphatic rings. The average molecular weight is 263 g/mol. The number of nitrogens with zero attached hydrogens (tertiary/aromatic N) is 1. The average Bonchev–Trinajstić information content (AvgIpc) is 2.75. The van der Waals surface area contributed by atoms with Crippen LogP contribution in [-0.2, 0) is 4.79 Å². The van der Waals surface area contributed by atoms with Gasteiger partial charge in [-0.1, -0.05) is 0 Å². The molecule has 1 aliphatic carbocycles. The van der Waals surface area contributed by atoms with Crippen molar-refractivity contribution in [2.45, 2.75) is 32.2 Å². The monoisotopic (exact) mass is 263 g/mol. The Morgan fingerprint density at radius 2 is 2.21 bits per heavy atom. The highest BCUT2D eigenvalue weighted by molar-refractivity contribution is 5.93. The Labute approximate surface area is 111 Å². The summed E-state index contributed by atoms with van der Waals surface area (Å²) in [5.41, 5.74) is 6.96. The molecule has 1 aromatic rings. The molecule has 0 aliphatic heterocycles. The summed E-state index contributed by atoms with van der Waals surface area (Å²) in [7, 11) is 0. The number of carbonyl (C=O) groups is 1. The lowest BCUT2D eigenvalue weighted by molar-refractivity contribution is -0.385. The molecule has 0 saturated heterocycles. The summed E-state index contributed by atoms with van der Waals surface area (Å²) < 4.78 is 0. The number of rotatable bonds is 3. The fraction of sp³-hybridized carbons (Fsp3) is 0.462. The molecule has 0 radical (unpaired) electrons. The summed E-state index contributed by atoms with van der Waals surface area (Å²) in [5.74, 6) is -0.105. The van der Waals surface area contributed by atoms with Gasteiger partial charge in [0.05, 0.1) is 4.92 Å². The summed E-state index contributed by atoms with van der Waals surface area (Å²) in [4.78, 5) is 22.3. The Kier molecular flexibility index (Phi) is 3.80. The van der Waals surface area contributed by atoms with Crippen molar-refractivity contribution >= 4 is 17.3 Å². The Morgan fingerprint density at radius 1 is 1.47 bits per heavy atom. The smallest absolute Gasteiger partial charge is 0.272 e. The number of amides is 1. The van der Waals surface area contributed by atoms with Crippen LogP contribution in [0.5, 0.6) is 0 Å². The highest BCUT2D eigenvalue weighted by Crippen LogP contribution is 2.27. The van der Waals surface area contributed by atoms with E-state index < -0.39 is 4.92 Å². The second kappa shape index (κ2) is 5.36. The van der Waals surface area contributed by atoms with Crippen molar-refractivity contribution in [1.82, 2.24) is 0 Å². The van der Waals surface area contributed by atoms with Crippen LogP contribution in [0.3, 0.4) is 0 Å². The molecule has 1 aromatic carbocycles. The van der Waals surface area contributed by atoms with Crippen molar-refractivity contribution < 1.29 is 9.72 Å². The maximum atomic E-state index is 12.0. The standard InChI is InChI=1S/C13H17N3O3/c1-8-6-11(4-5-12(8)16(18)19)15-13(17)9-2-3-10(14)7-9/h4-6,9-10H,2-3,7,14H2,1H3,(H,15,17). The Morgan fingerprint density at radius 3 is 2.74 bits per heavy atom. The van der Waals surface area contributed by atoms with Crippen LogP contribution in [0, 0.1) is 23.0 Å². The lowest BCUT2D eigenvalue weighted by Crippen LogP contribution is -2.23. The number of anilines is 1. The highest BCUT2D eigenvalue weighted by Gasteiger charge is 2.27. The molecule has 102 valence electrons. The van der Waals surface area contributed by atoms with Crippen molar-refractivity contribution in [1.29, 1.82) is 0 Å². The number of nitrogens with two attached hydrogens (primary N) is 1. The summed E-state index contributed by atoms with van der Waals surface area (Å²) in [6.45, 7) is 1.65. The molecule has 6 heteroatoms. The molecule has 1 fully saturated rings. The normalized spacial score (nSPS) is 22.2. The van der Waals surface area contributed by atoms with Crippen molar-refractivity contribution in [3.8, 4) is 0 Å². The van der Waals surface area contributed by atoms with Crippen molar-refractivity contribution in [2.24, 2.45) is 11.7 Å². The predicted molar refractivity (Wildman–Crippen MR) is 71.8 cm³/mol. The van der Waals surface area contributed by atoms with Gasteiger partial charge in [-0.2, -0.15) is 0 Å². The van der Waals surface area contributed by atoms with Gasteiger partial charge in [-0.3, -0.25) is 14.9 Å². The molecule has 0 aromatic heterocycles. The SMILES string of the molecule is Cc1cc(NC(=O)C2CCC(N)C2)ccc1[N+](=O)[O-]. The van der Waals surface area contributed by atoms with Crippen LogP contribution in [0.1, 0.15) is 24.8 Å². The van der Waals surface area contributed by atoms with Gasteiger partial charge in [0.2, 0.25) is 5.91 Å². The topological polar surface area (TPSA) is 98.3 Å². The van der Waals surface area contributed by atoms with Gasteiger partial charge in [-0.15, -0.1) is 0 Å². The molecule has 3 N–H and O–H groups in total. The zero-order valence-electron chi connectivity index (χ0n) is 10.8. The van der Waals surface area contributed by atoms with E-state index in [4.69, 9.17) is 5.73 Å². The summed E-state index contributed by atoms with van der Waals surface area (Å²) in [6.07, 6.45) is 2.38. The van der Waals surface area contributed by atoms with E-state index in [2.05, 4.69) is 5.32 Å². The minimum absolute atomic E-state index is 0.0505. The first-order valence-corrected chi connectivity index (χ1v) is 6.29. The summed E-state index contributed by atoms with van der Waals surface area (Å²) >= 11 is 0. The van der Waals surface area contributed by atoms with Gasteiger partial charge in [0.1, 0.15) is 0 Å². The second-order valence-corrected chi connectivity index (χ2v) is 5.02. The third-order valence-corrected chi connectivity index (χ3v) is 3.51. The van der Waals surface area contributed by atoms with E-state index in [0.717, 1.165) is 12.8 Å². The second-order valence-electron chi connectivity index (χ2n) is 5.02. The highest BCUT2D eigenvalue weighted by atomic mass is 16.6. The number of benzene rings is 1.